The lowest BCUT2D eigenvalue weighted by molar-refractivity contribution is 0.117. The second-order valence-electron chi connectivity index (χ2n) is 13.6. The zero-order valence-corrected chi connectivity index (χ0v) is 26.2. The van der Waals surface area contributed by atoms with Gasteiger partial charge in [-0.1, -0.05) is 65.8 Å². The van der Waals surface area contributed by atoms with Gasteiger partial charge in [0.2, 0.25) is 12.9 Å². The summed E-state index contributed by atoms with van der Waals surface area (Å²) in [5.74, 6) is 1.73. The molecule has 4 nitrogen and oxygen atoms in total. The van der Waals surface area contributed by atoms with Crippen LogP contribution < -0.4 is 9.47 Å². The second-order valence-corrected chi connectivity index (χ2v) is 13.6. The van der Waals surface area contributed by atoms with Crippen LogP contribution >= 0.6 is 0 Å². The Morgan fingerprint density at radius 2 is 0.952 bits per heavy atom. The first-order valence-electron chi connectivity index (χ1n) is 15.2. The number of halogens is 4. The summed E-state index contributed by atoms with van der Waals surface area (Å²) in [5.41, 5.74) is 2.83. The summed E-state index contributed by atoms with van der Waals surface area (Å²) >= 11 is 0. The Labute approximate surface area is 250 Å². The highest BCUT2D eigenvalue weighted by molar-refractivity contribution is 5.32. The van der Waals surface area contributed by atoms with Crippen LogP contribution in [-0.2, 0) is 10.8 Å². The van der Waals surface area contributed by atoms with Crippen LogP contribution in [0.15, 0.2) is 48.5 Å². The van der Waals surface area contributed by atoms with Gasteiger partial charge in [-0.25, -0.2) is 17.6 Å². The van der Waals surface area contributed by atoms with Crippen LogP contribution in [-0.4, -0.2) is 74.1 Å². The number of hydrogen-bond donors (Lipinski definition) is 0. The van der Waals surface area contributed by atoms with Crippen LogP contribution in [0.3, 0.4) is 0 Å². The van der Waals surface area contributed by atoms with Crippen LogP contribution in [0.4, 0.5) is 17.6 Å². The van der Waals surface area contributed by atoms with Crippen LogP contribution in [0, 0.1) is 0 Å². The molecule has 236 valence electrons. The molecule has 2 fully saturated rings. The van der Waals surface area contributed by atoms with E-state index in [4.69, 9.17) is 9.47 Å². The Bertz CT molecular complexity index is 964. The molecule has 0 bridgehead atoms. The summed E-state index contributed by atoms with van der Waals surface area (Å²) < 4.78 is 60.7. The third-order valence-electron chi connectivity index (χ3n) is 7.83. The second kappa shape index (κ2) is 15.4. The number of alkyl halides is 4. The molecule has 0 spiro atoms. The molecule has 2 aromatic carbocycles. The van der Waals surface area contributed by atoms with Crippen molar-refractivity contribution in [2.45, 2.75) is 103 Å². The van der Waals surface area contributed by atoms with Gasteiger partial charge in [-0.3, -0.25) is 9.80 Å². The number of benzene rings is 2. The smallest absolute Gasteiger partial charge is 0.239 e. The highest BCUT2D eigenvalue weighted by Crippen LogP contribution is 2.27. The number of hydrogen-bond acceptors (Lipinski definition) is 4. The van der Waals surface area contributed by atoms with Gasteiger partial charge in [0.15, 0.2) is 0 Å². The summed E-state index contributed by atoms with van der Waals surface area (Å²) in [6.45, 7) is 17.2. The molecule has 2 aromatic rings. The molecule has 2 saturated heterocycles. The Kier molecular flexibility index (Phi) is 12.5. The zero-order chi connectivity index (χ0) is 30.9. The fourth-order valence-corrected chi connectivity index (χ4v) is 5.21. The lowest BCUT2D eigenvalue weighted by Crippen LogP contribution is -2.26. The number of rotatable bonds is 10. The molecule has 0 aliphatic carbocycles. The van der Waals surface area contributed by atoms with E-state index in [0.717, 1.165) is 50.5 Å². The van der Waals surface area contributed by atoms with Crippen molar-refractivity contribution in [1.82, 2.24) is 9.80 Å². The molecule has 2 aliphatic heterocycles. The molecular weight excluding hydrogens is 544 g/mol. The van der Waals surface area contributed by atoms with Gasteiger partial charge in [0, 0.05) is 52.1 Å². The lowest BCUT2D eigenvalue weighted by atomic mass is 9.87. The maximum absolute atomic E-state index is 12.2. The minimum Gasteiger partial charge on any atom is -0.489 e. The average Bonchev–Trinajstić information content (AvgIpc) is 3.55. The molecule has 0 aromatic heterocycles. The van der Waals surface area contributed by atoms with E-state index >= 15 is 0 Å². The van der Waals surface area contributed by atoms with Crippen LogP contribution in [0.2, 0.25) is 0 Å². The molecule has 8 heteroatoms. The summed E-state index contributed by atoms with van der Waals surface area (Å²) in [6.07, 6.45) is -2.48. The van der Waals surface area contributed by atoms with Gasteiger partial charge in [-0.2, -0.15) is 0 Å². The van der Waals surface area contributed by atoms with Crippen molar-refractivity contribution in [1.29, 1.82) is 0 Å². The normalized spacial score (nSPS) is 20.2. The highest BCUT2D eigenvalue weighted by atomic mass is 19.3. The van der Waals surface area contributed by atoms with Crippen molar-refractivity contribution in [2.75, 3.05) is 39.3 Å². The Morgan fingerprint density at radius 1 is 0.619 bits per heavy atom. The third kappa shape index (κ3) is 11.8. The van der Waals surface area contributed by atoms with Crippen molar-refractivity contribution >= 4 is 0 Å². The van der Waals surface area contributed by atoms with E-state index in [-0.39, 0.29) is 35.9 Å². The SMILES string of the molecule is CC(C)(C)c1ccc(OC2CCN(CCC(F)F)C2)cc1.CC(C)(C)c1ccc(O[C@H]2CCN(CCC(F)F)C2)cc1. The van der Waals surface area contributed by atoms with Gasteiger partial charge >= 0.3 is 0 Å². The Hall–Kier alpha value is -2.32. The maximum atomic E-state index is 12.2. The first-order chi connectivity index (χ1) is 19.7. The molecule has 0 amide bonds. The molecule has 0 saturated carbocycles. The predicted octanol–water partition coefficient (Wildman–Crippen LogP) is 8.18. The predicted molar refractivity (Wildman–Crippen MR) is 162 cm³/mol. The molecule has 0 radical (unpaired) electrons. The van der Waals surface area contributed by atoms with Gasteiger partial charge in [-0.05, 0) is 59.1 Å². The molecule has 2 atom stereocenters. The first kappa shape index (κ1) is 34.2. The number of ether oxygens (including phenoxy) is 2. The van der Waals surface area contributed by atoms with E-state index in [1.54, 1.807) is 0 Å². The summed E-state index contributed by atoms with van der Waals surface area (Å²) in [7, 11) is 0. The molecule has 4 rings (SSSR count). The quantitative estimate of drug-likeness (QED) is 0.259. The Morgan fingerprint density at radius 3 is 1.24 bits per heavy atom. The monoisotopic (exact) mass is 594 g/mol. The van der Waals surface area contributed by atoms with Crippen molar-refractivity contribution < 1.29 is 27.0 Å². The fourth-order valence-electron chi connectivity index (χ4n) is 5.21. The summed E-state index contributed by atoms with van der Waals surface area (Å²) in [6, 6.07) is 16.4. The summed E-state index contributed by atoms with van der Waals surface area (Å²) in [4.78, 5) is 4.11. The van der Waals surface area contributed by atoms with Crippen LogP contribution in [0.25, 0.3) is 0 Å². The van der Waals surface area contributed by atoms with E-state index in [0.29, 0.717) is 13.1 Å². The molecule has 1 unspecified atom stereocenters. The van der Waals surface area contributed by atoms with Crippen molar-refractivity contribution in [3.63, 3.8) is 0 Å². The van der Waals surface area contributed by atoms with Crippen LogP contribution in [0.5, 0.6) is 11.5 Å². The minimum atomic E-state index is -2.21. The van der Waals surface area contributed by atoms with Gasteiger partial charge in [0.1, 0.15) is 23.7 Å². The largest absolute Gasteiger partial charge is 0.489 e. The van der Waals surface area contributed by atoms with Crippen molar-refractivity contribution in [2.24, 2.45) is 0 Å². The van der Waals surface area contributed by atoms with E-state index in [2.05, 4.69) is 75.6 Å². The molecule has 42 heavy (non-hydrogen) atoms. The Balaban J connectivity index is 0.000000230. The maximum Gasteiger partial charge on any atom is 0.239 e. The lowest BCUT2D eigenvalue weighted by Gasteiger charge is -2.20. The molecule has 2 heterocycles. The third-order valence-corrected chi connectivity index (χ3v) is 7.83. The van der Waals surface area contributed by atoms with Gasteiger partial charge < -0.3 is 9.47 Å². The van der Waals surface area contributed by atoms with Gasteiger partial charge in [-0.15, -0.1) is 0 Å². The summed E-state index contributed by atoms with van der Waals surface area (Å²) in [5, 5.41) is 0. The fraction of sp³-hybridized carbons (Fsp3) is 0.647. The molecular formula is C34H50F4N2O2. The number of nitrogens with zero attached hydrogens (tertiary/aromatic N) is 2. The van der Waals surface area contributed by atoms with Gasteiger partial charge in [0.05, 0.1) is 0 Å². The standard InChI is InChI=1S/2C17H25F2NO/c2*1-17(2,3)13-4-6-14(7-5-13)21-15-8-10-20(12-15)11-9-16(18)19/h2*4-7,15-16H,8-12H2,1-3H3/t15-;/m0./s1. The highest BCUT2D eigenvalue weighted by Gasteiger charge is 2.26. The van der Waals surface area contributed by atoms with Crippen molar-refractivity contribution in [3.8, 4) is 11.5 Å². The van der Waals surface area contributed by atoms with E-state index in [1.807, 2.05) is 24.3 Å². The van der Waals surface area contributed by atoms with Crippen molar-refractivity contribution in [3.05, 3.63) is 59.7 Å². The van der Waals surface area contributed by atoms with E-state index < -0.39 is 12.9 Å². The zero-order valence-electron chi connectivity index (χ0n) is 26.2. The molecule has 2 aliphatic rings. The van der Waals surface area contributed by atoms with E-state index in [1.165, 1.54) is 11.1 Å². The first-order valence-corrected chi connectivity index (χ1v) is 15.2. The number of likely N-dealkylation sites (tertiary alicyclic amines) is 2. The average molecular weight is 595 g/mol. The van der Waals surface area contributed by atoms with Gasteiger partial charge in [0.25, 0.3) is 0 Å². The minimum absolute atomic E-state index is 0.0486. The van der Waals surface area contributed by atoms with E-state index in [9.17, 15) is 17.6 Å². The molecule has 0 N–H and O–H groups in total. The topological polar surface area (TPSA) is 24.9 Å². The van der Waals surface area contributed by atoms with Crippen LogP contribution in [0.1, 0.15) is 78.4 Å².